The van der Waals surface area contributed by atoms with E-state index < -0.39 is 26.5 Å². The molecule has 4 aromatic rings. The predicted octanol–water partition coefficient (Wildman–Crippen LogP) is 2.81. The highest BCUT2D eigenvalue weighted by Gasteiger charge is 2.51. The Bertz CT molecular complexity index is 1500. The van der Waals surface area contributed by atoms with Crippen LogP contribution in [0, 0.1) is 0 Å². The number of aromatic amines is 1. The van der Waals surface area contributed by atoms with E-state index >= 15 is 0 Å². The van der Waals surface area contributed by atoms with Crippen molar-refractivity contribution < 1.29 is 17.9 Å². The Labute approximate surface area is 209 Å². The van der Waals surface area contributed by atoms with E-state index in [2.05, 4.69) is 20.5 Å². The number of methoxy groups -OCH3 is 1. The molecule has 2 heterocycles. The van der Waals surface area contributed by atoms with Gasteiger partial charge in [-0.05, 0) is 42.5 Å². The van der Waals surface area contributed by atoms with Crippen LogP contribution in [0.2, 0.25) is 0 Å². The van der Waals surface area contributed by atoms with Crippen LogP contribution in [0.15, 0.2) is 78.3 Å². The van der Waals surface area contributed by atoms with E-state index in [0.717, 1.165) is 16.8 Å². The van der Waals surface area contributed by atoms with Crippen molar-refractivity contribution >= 4 is 15.7 Å². The Kier molecular flexibility index (Phi) is 6.13. The molecule has 1 aliphatic rings. The summed E-state index contributed by atoms with van der Waals surface area (Å²) in [6, 6.07) is 16.2. The normalized spacial score (nSPS) is 18.3. The number of amides is 1. The fourth-order valence-corrected chi connectivity index (χ4v) is 7.02. The van der Waals surface area contributed by atoms with Crippen molar-refractivity contribution in [2.75, 3.05) is 7.11 Å². The monoisotopic (exact) mass is 505 g/mol. The Balaban J connectivity index is 1.69. The van der Waals surface area contributed by atoms with Crippen molar-refractivity contribution in [3.63, 3.8) is 0 Å². The molecule has 0 aliphatic heterocycles. The maximum absolute atomic E-state index is 14.2. The lowest BCUT2D eigenvalue weighted by Gasteiger charge is -2.43. The molecule has 1 aliphatic carbocycles. The van der Waals surface area contributed by atoms with Gasteiger partial charge in [0.15, 0.2) is 5.03 Å². The van der Waals surface area contributed by atoms with Crippen LogP contribution in [-0.2, 0) is 35.1 Å². The van der Waals surface area contributed by atoms with Crippen LogP contribution in [0.3, 0.4) is 0 Å². The second-order valence-electron chi connectivity index (χ2n) is 9.05. The molecule has 36 heavy (non-hydrogen) atoms. The minimum Gasteiger partial charge on any atom is -0.496 e. The molecule has 0 fully saturated rings. The topological polar surface area (TPSA) is 119 Å². The predicted molar refractivity (Wildman–Crippen MR) is 133 cm³/mol. The minimum atomic E-state index is -4.13. The summed E-state index contributed by atoms with van der Waals surface area (Å²) >= 11 is 0. The number of hydrogen-bond donors (Lipinski definition) is 2. The average Bonchev–Trinajstić information content (AvgIpc) is 3.56. The first-order valence-corrected chi connectivity index (χ1v) is 13.1. The van der Waals surface area contributed by atoms with Gasteiger partial charge in [-0.15, -0.1) is 0 Å². The Hall–Kier alpha value is -3.92. The van der Waals surface area contributed by atoms with Crippen LogP contribution in [-0.4, -0.2) is 46.6 Å². The van der Waals surface area contributed by atoms with Crippen LogP contribution >= 0.6 is 0 Å². The molecule has 2 N–H and O–H groups in total. The molecule has 0 saturated carbocycles. The van der Waals surface area contributed by atoms with E-state index in [4.69, 9.17) is 4.74 Å². The highest BCUT2D eigenvalue weighted by atomic mass is 32.2. The van der Waals surface area contributed by atoms with Gasteiger partial charge in [-0.2, -0.15) is 5.10 Å². The average molecular weight is 506 g/mol. The smallest absolute Gasteiger partial charge is 0.256 e. The van der Waals surface area contributed by atoms with Gasteiger partial charge in [0.1, 0.15) is 11.1 Å². The fraction of sp³-hybridized carbons (Fsp3) is 0.269. The fourth-order valence-electron chi connectivity index (χ4n) is 5.07. The quantitative estimate of drug-likeness (QED) is 0.399. The third kappa shape index (κ3) is 4.07. The minimum absolute atomic E-state index is 0.0939. The number of sulfone groups is 1. The van der Waals surface area contributed by atoms with Crippen LogP contribution in [0.5, 0.6) is 5.75 Å². The summed E-state index contributed by atoms with van der Waals surface area (Å²) < 4.78 is 35.5. The summed E-state index contributed by atoms with van der Waals surface area (Å²) in [6.45, 7) is 0. The number of nitrogens with one attached hydrogen (secondary N) is 2. The molecule has 10 heteroatoms. The molecule has 2 atom stereocenters. The van der Waals surface area contributed by atoms with E-state index in [1.165, 1.54) is 19.6 Å². The number of carbonyl (C=O) groups excluding carboxylic acids is 1. The lowest BCUT2D eigenvalue weighted by atomic mass is 9.68. The molecule has 1 amide bonds. The molecular formula is C26H27N5O4S. The number of aryl methyl sites for hydroxylation is 2. The van der Waals surface area contributed by atoms with Gasteiger partial charge in [0.05, 0.1) is 25.2 Å². The van der Waals surface area contributed by atoms with Crippen LogP contribution < -0.4 is 10.1 Å². The first-order valence-electron chi connectivity index (χ1n) is 11.6. The van der Waals surface area contributed by atoms with Crippen molar-refractivity contribution in [2.45, 2.75) is 35.1 Å². The second kappa shape index (κ2) is 9.27. The molecule has 0 radical (unpaired) electrons. The number of carbonyl (C=O) groups is 1. The number of fused-ring (bicyclic) bond motifs is 1. The van der Waals surface area contributed by atoms with Crippen molar-refractivity contribution in [3.8, 4) is 5.75 Å². The Morgan fingerprint density at radius 3 is 2.64 bits per heavy atom. The molecule has 0 saturated heterocycles. The largest absolute Gasteiger partial charge is 0.496 e. The van der Waals surface area contributed by atoms with Crippen molar-refractivity contribution in [3.05, 3.63) is 95.7 Å². The van der Waals surface area contributed by atoms with Gasteiger partial charge in [0, 0.05) is 24.4 Å². The summed E-state index contributed by atoms with van der Waals surface area (Å²) in [6.07, 6.45) is 6.08. The zero-order chi connectivity index (χ0) is 25.3. The van der Waals surface area contributed by atoms with E-state index in [-0.39, 0.29) is 10.6 Å². The SMILES string of the molecule is COc1ccccc1C(=O)NC(C1(c2ccccc2)CCc2[nH]ncc2C1)S(=O)(=O)c1cn(C)cn1. The van der Waals surface area contributed by atoms with Crippen LogP contribution in [0.4, 0.5) is 0 Å². The third-order valence-corrected chi connectivity index (χ3v) is 8.87. The van der Waals surface area contributed by atoms with Gasteiger partial charge >= 0.3 is 0 Å². The molecule has 5 rings (SSSR count). The first-order chi connectivity index (χ1) is 17.3. The number of imidazole rings is 1. The van der Waals surface area contributed by atoms with Crippen molar-refractivity contribution in [1.29, 1.82) is 0 Å². The number of rotatable bonds is 7. The number of hydrogen-bond acceptors (Lipinski definition) is 6. The number of para-hydroxylation sites is 1. The van der Waals surface area contributed by atoms with E-state index in [0.29, 0.717) is 25.0 Å². The van der Waals surface area contributed by atoms with Crippen LogP contribution in [0.25, 0.3) is 0 Å². The van der Waals surface area contributed by atoms with Gasteiger partial charge in [-0.3, -0.25) is 9.89 Å². The zero-order valence-electron chi connectivity index (χ0n) is 20.0. The maximum Gasteiger partial charge on any atom is 0.256 e. The molecule has 2 aromatic heterocycles. The molecule has 9 nitrogen and oxygen atoms in total. The van der Waals surface area contributed by atoms with Gasteiger partial charge < -0.3 is 14.6 Å². The number of aromatic nitrogens is 4. The highest BCUT2D eigenvalue weighted by molar-refractivity contribution is 7.92. The molecule has 0 bridgehead atoms. The highest BCUT2D eigenvalue weighted by Crippen LogP contribution is 2.44. The Morgan fingerprint density at radius 2 is 1.92 bits per heavy atom. The molecular weight excluding hydrogens is 478 g/mol. The van der Waals surface area contributed by atoms with Gasteiger partial charge in [0.2, 0.25) is 9.84 Å². The number of benzene rings is 2. The van der Waals surface area contributed by atoms with Gasteiger partial charge in [0.25, 0.3) is 5.91 Å². The molecule has 2 unspecified atom stereocenters. The van der Waals surface area contributed by atoms with E-state index in [1.807, 2.05) is 30.3 Å². The summed E-state index contributed by atoms with van der Waals surface area (Å²) in [7, 11) is -0.948. The number of nitrogens with zero attached hydrogens (tertiary/aromatic N) is 3. The summed E-state index contributed by atoms with van der Waals surface area (Å²) in [5.41, 5.74) is 2.02. The zero-order valence-corrected chi connectivity index (χ0v) is 20.8. The molecule has 2 aromatic carbocycles. The van der Waals surface area contributed by atoms with E-state index in [9.17, 15) is 13.2 Å². The number of H-pyrrole nitrogens is 1. The number of ether oxygens (including phenoxy) is 1. The summed E-state index contributed by atoms with van der Waals surface area (Å²) in [4.78, 5) is 17.8. The maximum atomic E-state index is 14.2. The molecule has 186 valence electrons. The third-order valence-electron chi connectivity index (χ3n) is 6.88. The van der Waals surface area contributed by atoms with Gasteiger partial charge in [-0.25, -0.2) is 13.4 Å². The van der Waals surface area contributed by atoms with E-state index in [1.54, 1.807) is 42.1 Å². The standard InChI is InChI=1S/C26H27N5O4S/c1-31-16-23(27-17-31)36(33,34)25(29-24(32)20-10-6-7-11-22(20)35-2)26(19-8-4-3-5-9-19)13-12-21-18(14-26)15-28-30-21/h3-11,15-17,25H,12-14H2,1-2H3,(H,28,30)(H,29,32). The first kappa shape index (κ1) is 23.8. The van der Waals surface area contributed by atoms with Crippen molar-refractivity contribution in [2.24, 2.45) is 7.05 Å². The Morgan fingerprint density at radius 1 is 1.17 bits per heavy atom. The van der Waals surface area contributed by atoms with Crippen molar-refractivity contribution in [1.82, 2.24) is 25.1 Å². The lowest BCUT2D eigenvalue weighted by Crippen LogP contribution is -2.57. The lowest BCUT2D eigenvalue weighted by molar-refractivity contribution is 0.0926. The summed E-state index contributed by atoms with van der Waals surface area (Å²) in [5.74, 6) is -0.177. The summed E-state index contributed by atoms with van der Waals surface area (Å²) in [5, 5.41) is 8.71. The van der Waals surface area contributed by atoms with Gasteiger partial charge in [-0.1, -0.05) is 42.5 Å². The van der Waals surface area contributed by atoms with Crippen LogP contribution in [0.1, 0.15) is 33.6 Å². The second-order valence-corrected chi connectivity index (χ2v) is 11.0. The molecule has 0 spiro atoms.